The van der Waals surface area contributed by atoms with Crippen LogP contribution in [0.5, 0.6) is 0 Å². The third-order valence-electron chi connectivity index (χ3n) is 2.41. The Kier molecular flexibility index (Phi) is 5.82. The number of alkyl carbamates (subject to hydrolysis) is 1. The zero-order chi connectivity index (χ0) is 14.3. The van der Waals surface area contributed by atoms with E-state index < -0.39 is 5.60 Å². The molecule has 0 aliphatic carbocycles. The number of nitrogens with one attached hydrogen (secondary N) is 1. The molecule has 1 heterocycles. The number of amides is 1. The number of unbranched alkanes of at least 4 members (excludes halogenated alkanes) is 1. The van der Waals surface area contributed by atoms with Gasteiger partial charge in [-0.15, -0.1) is 0 Å². The van der Waals surface area contributed by atoms with Gasteiger partial charge in [0.15, 0.2) is 0 Å². The van der Waals surface area contributed by atoms with Crippen molar-refractivity contribution in [2.45, 2.75) is 52.3 Å². The fourth-order valence-corrected chi connectivity index (χ4v) is 1.56. The average Bonchev–Trinajstić information content (AvgIpc) is 2.74. The Morgan fingerprint density at radius 3 is 2.79 bits per heavy atom. The number of rotatable bonds is 6. The predicted octanol–water partition coefficient (Wildman–Crippen LogP) is 1.65. The molecule has 6 heteroatoms. The lowest BCUT2D eigenvalue weighted by Gasteiger charge is -2.19. The minimum absolute atomic E-state index is 0.361. The lowest BCUT2D eigenvalue weighted by Crippen LogP contribution is -2.33. The number of imidazole rings is 1. The molecule has 0 aromatic carbocycles. The summed E-state index contributed by atoms with van der Waals surface area (Å²) < 4.78 is 7.15. The number of aryl methyl sites for hydroxylation is 1. The predicted molar refractivity (Wildman–Crippen MR) is 73.6 cm³/mol. The molecule has 6 nitrogen and oxygen atoms in total. The molecule has 0 radical (unpaired) electrons. The molecule has 0 atom stereocenters. The van der Waals surface area contributed by atoms with Gasteiger partial charge >= 0.3 is 6.09 Å². The molecule has 0 aliphatic heterocycles. The Labute approximate surface area is 114 Å². The van der Waals surface area contributed by atoms with Gasteiger partial charge in [-0.1, -0.05) is 0 Å². The van der Waals surface area contributed by atoms with Crippen LogP contribution < -0.4 is 11.1 Å². The maximum absolute atomic E-state index is 11.4. The van der Waals surface area contributed by atoms with E-state index >= 15 is 0 Å². The summed E-state index contributed by atoms with van der Waals surface area (Å²) in [6.07, 6.45) is 5.23. The quantitative estimate of drug-likeness (QED) is 0.768. The standard InChI is InChI=1S/C13H24N4O2/c1-13(2,3)19-12(18)15-6-4-5-7-17-9-11(8-14)16-10-17/h9-10H,4-8,14H2,1-3H3,(H,15,18). The van der Waals surface area contributed by atoms with E-state index in [0.29, 0.717) is 13.1 Å². The lowest BCUT2D eigenvalue weighted by molar-refractivity contribution is 0.0527. The van der Waals surface area contributed by atoms with Crippen LogP contribution in [-0.4, -0.2) is 27.8 Å². The fourth-order valence-electron chi connectivity index (χ4n) is 1.56. The molecule has 1 amide bonds. The number of hydrogen-bond donors (Lipinski definition) is 2. The van der Waals surface area contributed by atoms with E-state index in [0.717, 1.165) is 25.1 Å². The van der Waals surface area contributed by atoms with E-state index in [1.54, 1.807) is 6.33 Å². The van der Waals surface area contributed by atoms with Gasteiger partial charge < -0.3 is 20.4 Å². The third kappa shape index (κ3) is 6.81. The van der Waals surface area contributed by atoms with Crippen molar-refractivity contribution in [3.63, 3.8) is 0 Å². The van der Waals surface area contributed by atoms with Crippen LogP contribution in [0.15, 0.2) is 12.5 Å². The first-order chi connectivity index (χ1) is 8.90. The van der Waals surface area contributed by atoms with Crippen molar-refractivity contribution in [2.24, 2.45) is 5.73 Å². The van der Waals surface area contributed by atoms with Gasteiger partial charge in [0.1, 0.15) is 5.60 Å². The first-order valence-electron chi connectivity index (χ1n) is 6.58. The van der Waals surface area contributed by atoms with E-state index in [-0.39, 0.29) is 6.09 Å². The zero-order valence-corrected chi connectivity index (χ0v) is 12.0. The molecule has 1 aromatic heterocycles. The second kappa shape index (κ2) is 7.13. The number of ether oxygens (including phenoxy) is 1. The van der Waals surface area contributed by atoms with Gasteiger partial charge in [0.2, 0.25) is 0 Å². The number of hydrogen-bond acceptors (Lipinski definition) is 4. The Bertz CT molecular complexity index is 396. The highest BCUT2D eigenvalue weighted by Crippen LogP contribution is 2.06. The summed E-state index contributed by atoms with van der Waals surface area (Å²) >= 11 is 0. The smallest absolute Gasteiger partial charge is 0.407 e. The first kappa shape index (κ1) is 15.5. The highest BCUT2D eigenvalue weighted by atomic mass is 16.6. The minimum atomic E-state index is -0.445. The first-order valence-corrected chi connectivity index (χ1v) is 6.58. The van der Waals surface area contributed by atoms with Crippen molar-refractivity contribution in [3.8, 4) is 0 Å². The van der Waals surface area contributed by atoms with Gasteiger partial charge in [-0.2, -0.15) is 0 Å². The minimum Gasteiger partial charge on any atom is -0.444 e. The Morgan fingerprint density at radius 2 is 2.21 bits per heavy atom. The molecule has 3 N–H and O–H groups in total. The molecule has 0 spiro atoms. The molecular weight excluding hydrogens is 244 g/mol. The number of carbonyl (C=O) groups is 1. The topological polar surface area (TPSA) is 82.2 Å². The Hall–Kier alpha value is -1.56. The van der Waals surface area contributed by atoms with Crippen LogP contribution in [-0.2, 0) is 17.8 Å². The molecule has 1 rings (SSSR count). The lowest BCUT2D eigenvalue weighted by atomic mass is 10.2. The van der Waals surface area contributed by atoms with Crippen LogP contribution in [0.4, 0.5) is 4.79 Å². The van der Waals surface area contributed by atoms with Crippen molar-refractivity contribution in [2.75, 3.05) is 6.54 Å². The van der Waals surface area contributed by atoms with Gasteiger partial charge in [-0.3, -0.25) is 0 Å². The molecule has 0 aliphatic rings. The van der Waals surface area contributed by atoms with Crippen LogP contribution in [0.25, 0.3) is 0 Å². The number of aromatic nitrogens is 2. The van der Waals surface area contributed by atoms with Gasteiger partial charge in [-0.05, 0) is 33.6 Å². The molecule has 0 unspecified atom stereocenters. The van der Waals surface area contributed by atoms with Crippen molar-refractivity contribution in [1.82, 2.24) is 14.9 Å². The van der Waals surface area contributed by atoms with Crippen LogP contribution >= 0.6 is 0 Å². The molecule has 0 bridgehead atoms. The number of nitrogens with two attached hydrogens (primary N) is 1. The molecular formula is C13H24N4O2. The monoisotopic (exact) mass is 268 g/mol. The van der Waals surface area contributed by atoms with Crippen LogP contribution in [0.2, 0.25) is 0 Å². The third-order valence-corrected chi connectivity index (χ3v) is 2.41. The van der Waals surface area contributed by atoms with E-state index in [4.69, 9.17) is 10.5 Å². The van der Waals surface area contributed by atoms with Crippen LogP contribution in [0.3, 0.4) is 0 Å². The zero-order valence-electron chi connectivity index (χ0n) is 12.0. The maximum Gasteiger partial charge on any atom is 0.407 e. The van der Waals surface area contributed by atoms with Gasteiger partial charge in [-0.25, -0.2) is 9.78 Å². The Morgan fingerprint density at radius 1 is 1.47 bits per heavy atom. The van der Waals surface area contributed by atoms with Gasteiger partial charge in [0, 0.05) is 25.8 Å². The van der Waals surface area contributed by atoms with Crippen molar-refractivity contribution in [1.29, 1.82) is 0 Å². The summed E-state index contributed by atoms with van der Waals surface area (Å²) in [5.74, 6) is 0. The highest BCUT2D eigenvalue weighted by Gasteiger charge is 2.15. The Balaban J connectivity index is 2.09. The molecule has 1 aromatic rings. The van der Waals surface area contributed by atoms with Crippen LogP contribution in [0, 0.1) is 0 Å². The summed E-state index contributed by atoms with van der Waals surface area (Å²) in [6.45, 7) is 7.51. The second-order valence-electron chi connectivity index (χ2n) is 5.44. The van der Waals surface area contributed by atoms with Crippen LogP contribution in [0.1, 0.15) is 39.3 Å². The molecule has 0 fully saturated rings. The second-order valence-corrected chi connectivity index (χ2v) is 5.44. The van der Waals surface area contributed by atoms with E-state index in [9.17, 15) is 4.79 Å². The summed E-state index contributed by atoms with van der Waals surface area (Å²) in [7, 11) is 0. The summed E-state index contributed by atoms with van der Waals surface area (Å²) in [6, 6.07) is 0. The molecule has 19 heavy (non-hydrogen) atoms. The molecule has 0 saturated carbocycles. The van der Waals surface area contributed by atoms with Gasteiger partial charge in [0.05, 0.1) is 12.0 Å². The van der Waals surface area contributed by atoms with Gasteiger partial charge in [0.25, 0.3) is 0 Å². The normalized spacial score (nSPS) is 11.4. The van der Waals surface area contributed by atoms with Crippen molar-refractivity contribution >= 4 is 6.09 Å². The maximum atomic E-state index is 11.4. The largest absolute Gasteiger partial charge is 0.444 e. The SMILES string of the molecule is CC(C)(C)OC(=O)NCCCCn1cnc(CN)c1. The highest BCUT2D eigenvalue weighted by molar-refractivity contribution is 5.67. The fraction of sp³-hybridized carbons (Fsp3) is 0.692. The summed E-state index contributed by atoms with van der Waals surface area (Å²) in [5.41, 5.74) is 5.94. The van der Waals surface area contributed by atoms with E-state index in [1.165, 1.54) is 0 Å². The van der Waals surface area contributed by atoms with Crippen molar-refractivity contribution in [3.05, 3.63) is 18.2 Å². The number of carbonyl (C=O) groups excluding carboxylic acids is 1. The molecule has 0 saturated heterocycles. The number of nitrogens with zero attached hydrogens (tertiary/aromatic N) is 2. The summed E-state index contributed by atoms with van der Waals surface area (Å²) in [4.78, 5) is 15.5. The van der Waals surface area contributed by atoms with Crippen molar-refractivity contribution < 1.29 is 9.53 Å². The summed E-state index contributed by atoms with van der Waals surface area (Å²) in [5, 5.41) is 2.74. The average molecular weight is 268 g/mol. The van der Waals surface area contributed by atoms with E-state index in [2.05, 4.69) is 10.3 Å². The molecule has 108 valence electrons. The van der Waals surface area contributed by atoms with E-state index in [1.807, 2.05) is 31.5 Å².